The molecule has 2 aliphatic heterocycles. The number of hydrogen-bond acceptors (Lipinski definition) is 4. The van der Waals surface area contributed by atoms with Gasteiger partial charge >= 0.3 is 0 Å². The Labute approximate surface area is 176 Å². The fourth-order valence-electron chi connectivity index (χ4n) is 4.41. The van der Waals surface area contributed by atoms with E-state index in [1.54, 1.807) is 7.11 Å². The molecular weight excluding hydrogens is 362 g/mol. The second-order valence-electron chi connectivity index (χ2n) is 8.44. The topological polar surface area (TPSA) is 43.3 Å². The lowest BCUT2D eigenvalue weighted by Gasteiger charge is -2.38. The number of nitrogens with one attached hydrogen (secondary N) is 1. The highest BCUT2D eigenvalue weighted by Crippen LogP contribution is 2.28. The van der Waals surface area contributed by atoms with Gasteiger partial charge < -0.3 is 24.8 Å². The Balaban J connectivity index is 1.58. The fourth-order valence-corrected chi connectivity index (χ4v) is 4.41. The maximum absolute atomic E-state index is 5.55. The first-order valence-electron chi connectivity index (χ1n) is 11.3. The predicted octanol–water partition coefficient (Wildman–Crippen LogP) is 2.90. The van der Waals surface area contributed by atoms with Crippen LogP contribution in [0.2, 0.25) is 0 Å². The Morgan fingerprint density at radius 1 is 1.17 bits per heavy atom. The van der Waals surface area contributed by atoms with Crippen molar-refractivity contribution in [2.24, 2.45) is 10.9 Å². The number of methoxy groups -OCH3 is 1. The van der Waals surface area contributed by atoms with Crippen molar-refractivity contribution < 1.29 is 4.74 Å². The number of anilines is 1. The summed E-state index contributed by atoms with van der Waals surface area (Å²) in [4.78, 5) is 12.5. The van der Waals surface area contributed by atoms with Gasteiger partial charge in [0.2, 0.25) is 0 Å². The van der Waals surface area contributed by atoms with Crippen molar-refractivity contribution in [3.05, 3.63) is 24.3 Å². The van der Waals surface area contributed by atoms with E-state index in [2.05, 4.69) is 52.9 Å². The van der Waals surface area contributed by atoms with Crippen molar-refractivity contribution in [1.82, 2.24) is 15.1 Å². The van der Waals surface area contributed by atoms with Crippen LogP contribution in [0.5, 0.6) is 5.75 Å². The summed E-state index contributed by atoms with van der Waals surface area (Å²) in [6, 6.07) is 8.94. The number of likely N-dealkylation sites (tertiary alicyclic amines) is 1. The van der Waals surface area contributed by atoms with Crippen LogP contribution in [0.15, 0.2) is 29.3 Å². The molecule has 0 saturated carbocycles. The van der Waals surface area contributed by atoms with Gasteiger partial charge in [-0.2, -0.15) is 0 Å². The highest BCUT2D eigenvalue weighted by atomic mass is 16.5. The molecule has 0 bridgehead atoms. The largest absolute Gasteiger partial charge is 0.495 e. The lowest BCUT2D eigenvalue weighted by atomic mass is 9.97. The number of ether oxygens (including phenoxy) is 1. The second-order valence-corrected chi connectivity index (χ2v) is 8.44. The molecule has 3 rings (SSSR count). The number of rotatable bonds is 6. The van der Waals surface area contributed by atoms with Gasteiger partial charge in [-0.1, -0.05) is 12.1 Å². The molecule has 2 saturated heterocycles. The number of hydrogen-bond donors (Lipinski definition) is 1. The van der Waals surface area contributed by atoms with Gasteiger partial charge in [-0.25, -0.2) is 0 Å². The minimum atomic E-state index is 0.637. The molecule has 0 aromatic heterocycles. The molecule has 162 valence electrons. The molecule has 1 aromatic carbocycles. The standard InChI is InChI=1S/C23H39N5O/c1-5-24-23(25-17-20-9-8-12-28(18-20)19(2)3)27-15-13-26(14-16-27)21-10-6-7-11-22(21)29-4/h6-7,10-11,19-20H,5,8-9,12-18H2,1-4H3,(H,24,25). The Morgan fingerprint density at radius 3 is 2.62 bits per heavy atom. The monoisotopic (exact) mass is 401 g/mol. The smallest absolute Gasteiger partial charge is 0.194 e. The van der Waals surface area contributed by atoms with E-state index in [1.165, 1.54) is 31.6 Å². The maximum atomic E-state index is 5.55. The van der Waals surface area contributed by atoms with E-state index < -0.39 is 0 Å². The Morgan fingerprint density at radius 2 is 1.93 bits per heavy atom. The third-order valence-corrected chi connectivity index (χ3v) is 6.12. The number of piperazine rings is 1. The molecule has 1 N–H and O–H groups in total. The third kappa shape index (κ3) is 5.78. The van der Waals surface area contributed by atoms with Crippen molar-refractivity contribution in [3.63, 3.8) is 0 Å². The average molecular weight is 402 g/mol. The minimum absolute atomic E-state index is 0.637. The van der Waals surface area contributed by atoms with Crippen molar-refractivity contribution in [2.45, 2.75) is 39.7 Å². The number of para-hydroxylation sites is 2. The second kappa shape index (κ2) is 10.7. The van der Waals surface area contributed by atoms with Crippen LogP contribution < -0.4 is 15.0 Å². The fraction of sp³-hybridized carbons (Fsp3) is 0.696. The molecule has 0 amide bonds. The first-order valence-corrected chi connectivity index (χ1v) is 11.3. The molecule has 0 spiro atoms. The van der Waals surface area contributed by atoms with Crippen molar-refractivity contribution in [2.75, 3.05) is 64.4 Å². The van der Waals surface area contributed by atoms with Gasteiger partial charge in [0.15, 0.2) is 5.96 Å². The first kappa shape index (κ1) is 21.8. The van der Waals surface area contributed by atoms with E-state index in [1.807, 2.05) is 12.1 Å². The van der Waals surface area contributed by atoms with Crippen LogP contribution in [0.3, 0.4) is 0 Å². The van der Waals surface area contributed by atoms with Gasteiger partial charge in [-0.15, -0.1) is 0 Å². The highest BCUT2D eigenvalue weighted by Gasteiger charge is 2.24. The van der Waals surface area contributed by atoms with Crippen molar-refractivity contribution >= 4 is 11.6 Å². The molecule has 29 heavy (non-hydrogen) atoms. The van der Waals surface area contributed by atoms with Crippen LogP contribution in [-0.2, 0) is 0 Å². The summed E-state index contributed by atoms with van der Waals surface area (Å²) >= 11 is 0. The quantitative estimate of drug-likeness (QED) is 0.586. The maximum Gasteiger partial charge on any atom is 0.194 e. The number of aliphatic imine (C=N–C) groups is 1. The Kier molecular flexibility index (Phi) is 8.04. The van der Waals surface area contributed by atoms with Crippen molar-refractivity contribution in [3.8, 4) is 5.75 Å². The molecule has 1 atom stereocenters. The zero-order valence-corrected chi connectivity index (χ0v) is 18.7. The predicted molar refractivity (Wildman–Crippen MR) is 122 cm³/mol. The summed E-state index contributed by atoms with van der Waals surface area (Å²) in [6.45, 7) is 14.9. The van der Waals surface area contributed by atoms with E-state index in [4.69, 9.17) is 9.73 Å². The first-order chi connectivity index (χ1) is 14.1. The summed E-state index contributed by atoms with van der Waals surface area (Å²) in [5.41, 5.74) is 1.19. The molecule has 2 heterocycles. The summed E-state index contributed by atoms with van der Waals surface area (Å²) in [6.07, 6.45) is 2.60. The summed E-state index contributed by atoms with van der Waals surface area (Å²) < 4.78 is 5.55. The van der Waals surface area contributed by atoms with Crippen molar-refractivity contribution in [1.29, 1.82) is 0 Å². The molecule has 0 radical (unpaired) electrons. The number of benzene rings is 1. The zero-order valence-electron chi connectivity index (χ0n) is 18.7. The number of nitrogens with zero attached hydrogens (tertiary/aromatic N) is 4. The zero-order chi connectivity index (χ0) is 20.6. The highest BCUT2D eigenvalue weighted by molar-refractivity contribution is 5.80. The molecular formula is C23H39N5O. The molecule has 6 heteroatoms. The molecule has 2 fully saturated rings. The van der Waals surface area contributed by atoms with E-state index in [9.17, 15) is 0 Å². The van der Waals surface area contributed by atoms with E-state index in [0.717, 1.165) is 51.0 Å². The van der Waals surface area contributed by atoms with E-state index >= 15 is 0 Å². The van der Waals surface area contributed by atoms with Gasteiger partial charge in [-0.05, 0) is 58.2 Å². The minimum Gasteiger partial charge on any atom is -0.495 e. The van der Waals surface area contributed by atoms with Gasteiger partial charge in [0.1, 0.15) is 5.75 Å². The lowest BCUT2D eigenvalue weighted by molar-refractivity contribution is 0.143. The molecule has 1 unspecified atom stereocenters. The third-order valence-electron chi connectivity index (χ3n) is 6.12. The van der Waals surface area contributed by atoms with Crippen LogP contribution in [0, 0.1) is 5.92 Å². The lowest BCUT2D eigenvalue weighted by Crippen LogP contribution is -2.52. The van der Waals surface area contributed by atoms with Crippen LogP contribution in [0.1, 0.15) is 33.6 Å². The molecule has 6 nitrogen and oxygen atoms in total. The molecule has 2 aliphatic rings. The Bertz CT molecular complexity index is 654. The normalized spacial score (nSPS) is 21.6. The van der Waals surface area contributed by atoms with Crippen LogP contribution in [0.25, 0.3) is 0 Å². The van der Waals surface area contributed by atoms with Crippen LogP contribution >= 0.6 is 0 Å². The number of piperidine rings is 1. The molecule has 1 aromatic rings. The van der Waals surface area contributed by atoms with Gasteiger partial charge in [0, 0.05) is 51.9 Å². The van der Waals surface area contributed by atoms with Crippen LogP contribution in [-0.4, -0.2) is 81.3 Å². The Hall–Kier alpha value is -1.95. The van der Waals surface area contributed by atoms with E-state index in [-0.39, 0.29) is 0 Å². The van der Waals surface area contributed by atoms with Gasteiger partial charge in [0.05, 0.1) is 12.8 Å². The van der Waals surface area contributed by atoms with Gasteiger partial charge in [-0.3, -0.25) is 4.99 Å². The molecule has 0 aliphatic carbocycles. The summed E-state index contributed by atoms with van der Waals surface area (Å²) in [5, 5.41) is 3.52. The van der Waals surface area contributed by atoms with E-state index in [0.29, 0.717) is 12.0 Å². The van der Waals surface area contributed by atoms with Gasteiger partial charge in [0.25, 0.3) is 0 Å². The number of guanidine groups is 1. The SMILES string of the molecule is CCNC(=NCC1CCCN(C(C)C)C1)N1CCN(c2ccccc2OC)CC1. The summed E-state index contributed by atoms with van der Waals surface area (Å²) in [5.74, 6) is 2.71. The summed E-state index contributed by atoms with van der Waals surface area (Å²) in [7, 11) is 1.75. The van der Waals surface area contributed by atoms with Crippen LogP contribution in [0.4, 0.5) is 5.69 Å². The average Bonchev–Trinajstić information content (AvgIpc) is 2.77.